The van der Waals surface area contributed by atoms with Crippen LogP contribution in [-0.2, 0) is 0 Å². The minimum Gasteiger partial charge on any atom is -0.398 e. The molecule has 1 heterocycles. The van der Waals surface area contributed by atoms with Gasteiger partial charge in [-0.15, -0.1) is 11.8 Å². The van der Waals surface area contributed by atoms with Gasteiger partial charge in [-0.25, -0.2) is 0 Å². The van der Waals surface area contributed by atoms with E-state index in [4.69, 9.17) is 5.73 Å². The summed E-state index contributed by atoms with van der Waals surface area (Å²) in [6.07, 6.45) is 0. The molecule has 1 aromatic carbocycles. The molecule has 0 bridgehead atoms. The predicted molar refractivity (Wildman–Crippen MR) is 83.2 cm³/mol. The van der Waals surface area contributed by atoms with Crippen LogP contribution in [0.4, 0.5) is 5.69 Å². The van der Waals surface area contributed by atoms with Crippen molar-refractivity contribution in [2.75, 3.05) is 51.3 Å². The molecule has 0 radical (unpaired) electrons. The highest BCUT2D eigenvalue weighted by Gasteiger charge is 2.13. The van der Waals surface area contributed by atoms with E-state index in [0.29, 0.717) is 0 Å². The van der Waals surface area contributed by atoms with Crippen molar-refractivity contribution in [2.24, 2.45) is 0 Å². The van der Waals surface area contributed by atoms with Gasteiger partial charge in [0.25, 0.3) is 0 Å². The Morgan fingerprint density at radius 1 is 1.28 bits per heavy atom. The van der Waals surface area contributed by atoms with Crippen LogP contribution in [0.5, 0.6) is 0 Å². The summed E-state index contributed by atoms with van der Waals surface area (Å²) in [5, 5.41) is 0. The Labute approximate surface area is 122 Å². The summed E-state index contributed by atoms with van der Waals surface area (Å²) in [7, 11) is 2.19. The lowest BCUT2D eigenvalue weighted by atomic mass is 10.3. The fraction of sp³-hybridized carbons (Fsp3) is 0.538. The number of benzene rings is 1. The number of piperazine rings is 1. The van der Waals surface area contributed by atoms with Gasteiger partial charge in [-0.2, -0.15) is 0 Å². The Hall–Kier alpha value is -0.230. The average molecular weight is 330 g/mol. The normalized spacial score (nSPS) is 18.1. The van der Waals surface area contributed by atoms with Crippen LogP contribution >= 0.6 is 27.7 Å². The second-order valence-corrected chi connectivity index (χ2v) is 6.73. The van der Waals surface area contributed by atoms with Crippen LogP contribution in [0.15, 0.2) is 27.6 Å². The smallest absolute Gasteiger partial charge is 0.0453 e. The Kier molecular flexibility index (Phi) is 5.36. The second-order valence-electron chi connectivity index (χ2n) is 4.68. The van der Waals surface area contributed by atoms with Crippen molar-refractivity contribution in [3.05, 3.63) is 22.7 Å². The molecule has 1 aromatic rings. The fourth-order valence-corrected chi connectivity index (χ4v) is 3.52. The van der Waals surface area contributed by atoms with E-state index in [-0.39, 0.29) is 0 Å². The molecular weight excluding hydrogens is 310 g/mol. The minimum atomic E-state index is 0.876. The summed E-state index contributed by atoms with van der Waals surface area (Å²) in [6, 6.07) is 6.05. The maximum atomic E-state index is 5.96. The molecule has 1 fully saturated rings. The first-order valence-electron chi connectivity index (χ1n) is 6.24. The molecular formula is C13H20BrN3S. The van der Waals surface area contributed by atoms with Crippen molar-refractivity contribution >= 4 is 33.4 Å². The van der Waals surface area contributed by atoms with E-state index >= 15 is 0 Å². The highest BCUT2D eigenvalue weighted by molar-refractivity contribution is 9.10. The average Bonchev–Trinajstić information content (AvgIpc) is 2.36. The molecule has 3 nitrogen and oxygen atoms in total. The van der Waals surface area contributed by atoms with Gasteiger partial charge in [0.1, 0.15) is 0 Å². The SMILES string of the molecule is CN1CCN(CCSc2cc(Br)ccc2N)CC1. The minimum absolute atomic E-state index is 0.876. The number of thioether (sulfide) groups is 1. The van der Waals surface area contributed by atoms with Crippen molar-refractivity contribution in [1.82, 2.24) is 9.80 Å². The van der Waals surface area contributed by atoms with E-state index in [0.717, 1.165) is 22.5 Å². The second kappa shape index (κ2) is 6.80. The predicted octanol–water partition coefficient (Wildman–Crippen LogP) is 2.37. The lowest BCUT2D eigenvalue weighted by molar-refractivity contribution is 0.161. The molecule has 0 aromatic heterocycles. The Morgan fingerprint density at radius 2 is 2.00 bits per heavy atom. The first kappa shape index (κ1) is 14.2. The molecule has 100 valence electrons. The van der Waals surface area contributed by atoms with E-state index in [1.165, 1.54) is 31.1 Å². The lowest BCUT2D eigenvalue weighted by Gasteiger charge is -2.32. The third-order valence-corrected chi connectivity index (χ3v) is 4.78. The van der Waals surface area contributed by atoms with Crippen LogP contribution in [0.2, 0.25) is 0 Å². The molecule has 0 spiro atoms. The number of nitrogens with two attached hydrogens (primary N) is 1. The number of rotatable bonds is 4. The number of nitrogens with zero attached hydrogens (tertiary/aromatic N) is 2. The van der Waals surface area contributed by atoms with Gasteiger partial charge >= 0.3 is 0 Å². The van der Waals surface area contributed by atoms with E-state index < -0.39 is 0 Å². The molecule has 0 saturated carbocycles. The first-order valence-corrected chi connectivity index (χ1v) is 8.02. The zero-order chi connectivity index (χ0) is 13.0. The lowest BCUT2D eigenvalue weighted by Crippen LogP contribution is -2.45. The molecule has 1 aliphatic rings. The van der Waals surface area contributed by atoms with E-state index in [1.54, 1.807) is 0 Å². The Bertz CT molecular complexity index is 392. The van der Waals surface area contributed by atoms with E-state index in [1.807, 2.05) is 23.9 Å². The van der Waals surface area contributed by atoms with Crippen molar-refractivity contribution < 1.29 is 0 Å². The van der Waals surface area contributed by atoms with Gasteiger partial charge in [0.05, 0.1) is 0 Å². The van der Waals surface area contributed by atoms with Gasteiger partial charge in [0.2, 0.25) is 0 Å². The van der Waals surface area contributed by atoms with E-state index in [9.17, 15) is 0 Å². The third kappa shape index (κ3) is 4.16. The van der Waals surface area contributed by atoms with Crippen LogP contribution in [0.25, 0.3) is 0 Å². The van der Waals surface area contributed by atoms with Gasteiger partial charge in [-0.3, -0.25) is 4.90 Å². The molecule has 1 aliphatic heterocycles. The molecule has 5 heteroatoms. The molecule has 2 rings (SSSR count). The van der Waals surface area contributed by atoms with E-state index in [2.05, 4.69) is 38.8 Å². The zero-order valence-corrected chi connectivity index (χ0v) is 13.1. The van der Waals surface area contributed by atoms with Crippen LogP contribution in [0, 0.1) is 0 Å². The maximum Gasteiger partial charge on any atom is 0.0453 e. The summed E-state index contributed by atoms with van der Waals surface area (Å²) in [5.41, 5.74) is 6.84. The maximum absolute atomic E-state index is 5.96. The first-order chi connectivity index (χ1) is 8.65. The fourth-order valence-electron chi connectivity index (χ4n) is 1.99. The molecule has 1 saturated heterocycles. The van der Waals surface area contributed by atoms with Gasteiger partial charge < -0.3 is 10.6 Å². The summed E-state index contributed by atoms with van der Waals surface area (Å²) >= 11 is 5.33. The number of anilines is 1. The van der Waals surface area contributed by atoms with Crippen molar-refractivity contribution in [3.63, 3.8) is 0 Å². The van der Waals surface area contributed by atoms with Crippen molar-refractivity contribution in [1.29, 1.82) is 0 Å². The zero-order valence-electron chi connectivity index (χ0n) is 10.7. The largest absolute Gasteiger partial charge is 0.398 e. The Balaban J connectivity index is 1.76. The van der Waals surface area contributed by atoms with Crippen LogP contribution in [0.1, 0.15) is 0 Å². The van der Waals surface area contributed by atoms with Crippen molar-refractivity contribution in [3.8, 4) is 0 Å². The van der Waals surface area contributed by atoms with Gasteiger partial charge in [-0.05, 0) is 25.2 Å². The van der Waals surface area contributed by atoms with Crippen LogP contribution < -0.4 is 5.73 Å². The highest BCUT2D eigenvalue weighted by Crippen LogP contribution is 2.28. The molecule has 0 aliphatic carbocycles. The number of hydrogen-bond acceptors (Lipinski definition) is 4. The standard InChI is InChI=1S/C13H20BrN3S/c1-16-4-6-17(7-5-16)8-9-18-13-10-11(14)2-3-12(13)15/h2-3,10H,4-9,15H2,1H3. The van der Waals surface area contributed by atoms with Gasteiger partial charge in [0.15, 0.2) is 0 Å². The summed E-state index contributed by atoms with van der Waals surface area (Å²) < 4.78 is 1.10. The molecule has 18 heavy (non-hydrogen) atoms. The summed E-state index contributed by atoms with van der Waals surface area (Å²) in [4.78, 5) is 6.09. The van der Waals surface area contributed by atoms with Crippen molar-refractivity contribution in [2.45, 2.75) is 4.90 Å². The number of likely N-dealkylation sites (N-methyl/N-ethyl adjacent to an activating group) is 1. The molecule has 0 amide bonds. The van der Waals surface area contributed by atoms with Gasteiger partial charge in [0, 0.05) is 53.5 Å². The monoisotopic (exact) mass is 329 g/mol. The highest BCUT2D eigenvalue weighted by atomic mass is 79.9. The van der Waals surface area contributed by atoms with Crippen LogP contribution in [0.3, 0.4) is 0 Å². The van der Waals surface area contributed by atoms with Gasteiger partial charge in [-0.1, -0.05) is 15.9 Å². The van der Waals surface area contributed by atoms with Crippen LogP contribution in [-0.4, -0.2) is 55.3 Å². The quantitative estimate of drug-likeness (QED) is 0.679. The summed E-state index contributed by atoms with van der Waals surface area (Å²) in [6.45, 7) is 5.88. The molecule has 0 unspecified atom stereocenters. The molecule has 0 atom stereocenters. The molecule has 2 N–H and O–H groups in total. The topological polar surface area (TPSA) is 32.5 Å². The summed E-state index contributed by atoms with van der Waals surface area (Å²) in [5.74, 6) is 1.10. The number of nitrogen functional groups attached to an aromatic ring is 1. The third-order valence-electron chi connectivity index (χ3n) is 3.24. The number of hydrogen-bond donors (Lipinski definition) is 1. The number of halogens is 1. The Morgan fingerprint density at radius 3 is 2.72 bits per heavy atom.